The third-order valence-electron chi connectivity index (χ3n) is 4.57. The summed E-state index contributed by atoms with van der Waals surface area (Å²) in [5.41, 5.74) is 1.76. The number of sulfonamides is 1. The molecule has 1 aliphatic heterocycles. The minimum Gasteiger partial charge on any atom is -0.336 e. The summed E-state index contributed by atoms with van der Waals surface area (Å²) >= 11 is 0. The van der Waals surface area contributed by atoms with Gasteiger partial charge in [0.1, 0.15) is 0 Å². The van der Waals surface area contributed by atoms with Gasteiger partial charge in [0.2, 0.25) is 0 Å². The van der Waals surface area contributed by atoms with E-state index in [0.717, 1.165) is 18.7 Å². The number of carbonyl (C=O) groups excluding carboxylic acids is 1. The zero-order chi connectivity index (χ0) is 18.7. The van der Waals surface area contributed by atoms with Crippen LogP contribution in [-0.4, -0.2) is 57.4 Å². The Kier molecular flexibility index (Phi) is 5.29. The molecule has 1 amide bonds. The number of nitrogens with zero attached hydrogens (tertiary/aromatic N) is 2. The number of anilines is 1. The summed E-state index contributed by atoms with van der Waals surface area (Å²) in [6.45, 7) is 4.77. The molecule has 2 aromatic rings. The molecule has 0 bridgehead atoms. The lowest BCUT2D eigenvalue weighted by atomic mass is 10.2. The van der Waals surface area contributed by atoms with Gasteiger partial charge in [-0.3, -0.25) is 9.52 Å². The summed E-state index contributed by atoms with van der Waals surface area (Å²) < 4.78 is 28.0. The Morgan fingerprint density at radius 1 is 1.00 bits per heavy atom. The first-order chi connectivity index (χ1) is 12.4. The lowest BCUT2D eigenvalue weighted by Crippen LogP contribution is -2.47. The first-order valence-corrected chi connectivity index (χ1v) is 10.0. The van der Waals surface area contributed by atoms with Gasteiger partial charge in [0.25, 0.3) is 15.9 Å². The minimum absolute atomic E-state index is 0.0840. The van der Waals surface area contributed by atoms with Crippen LogP contribution in [0.5, 0.6) is 0 Å². The first-order valence-electron chi connectivity index (χ1n) is 8.53. The minimum atomic E-state index is -3.76. The van der Waals surface area contributed by atoms with Crippen LogP contribution in [0.25, 0.3) is 0 Å². The van der Waals surface area contributed by atoms with Crippen LogP contribution in [0.15, 0.2) is 53.4 Å². The van der Waals surface area contributed by atoms with E-state index in [1.54, 1.807) is 29.2 Å². The molecule has 7 heteroatoms. The topological polar surface area (TPSA) is 69.7 Å². The van der Waals surface area contributed by atoms with E-state index in [1.807, 2.05) is 26.1 Å². The summed E-state index contributed by atoms with van der Waals surface area (Å²) in [7, 11) is -1.74. The Morgan fingerprint density at radius 2 is 1.69 bits per heavy atom. The van der Waals surface area contributed by atoms with Crippen molar-refractivity contribution >= 4 is 21.6 Å². The molecule has 1 heterocycles. The number of hydrogen-bond acceptors (Lipinski definition) is 4. The number of piperazine rings is 1. The van der Waals surface area contributed by atoms with Gasteiger partial charge >= 0.3 is 0 Å². The van der Waals surface area contributed by atoms with E-state index in [1.165, 1.54) is 12.1 Å². The van der Waals surface area contributed by atoms with E-state index >= 15 is 0 Å². The fourth-order valence-electron chi connectivity index (χ4n) is 2.88. The summed E-state index contributed by atoms with van der Waals surface area (Å²) in [6.07, 6.45) is 0. The highest BCUT2D eigenvalue weighted by atomic mass is 32.2. The van der Waals surface area contributed by atoms with E-state index in [4.69, 9.17) is 0 Å². The van der Waals surface area contributed by atoms with Gasteiger partial charge < -0.3 is 9.80 Å². The van der Waals surface area contributed by atoms with Crippen LogP contribution >= 0.6 is 0 Å². The predicted molar refractivity (Wildman–Crippen MR) is 102 cm³/mol. The number of rotatable bonds is 4. The number of para-hydroxylation sites is 1. The number of amides is 1. The second kappa shape index (κ2) is 7.47. The highest BCUT2D eigenvalue weighted by molar-refractivity contribution is 7.92. The molecule has 0 radical (unpaired) electrons. The van der Waals surface area contributed by atoms with Gasteiger partial charge in [-0.25, -0.2) is 8.42 Å². The number of benzene rings is 2. The third kappa shape index (κ3) is 4.05. The molecule has 1 N–H and O–H groups in total. The average molecular weight is 373 g/mol. The van der Waals surface area contributed by atoms with Crippen LogP contribution in [0, 0.1) is 6.92 Å². The van der Waals surface area contributed by atoms with Crippen LogP contribution < -0.4 is 4.72 Å². The van der Waals surface area contributed by atoms with Crippen molar-refractivity contribution < 1.29 is 13.2 Å². The summed E-state index contributed by atoms with van der Waals surface area (Å²) in [6, 6.07) is 13.4. The number of likely N-dealkylation sites (N-methyl/N-ethyl adjacent to an activating group) is 1. The third-order valence-corrected chi connectivity index (χ3v) is 5.93. The Hall–Kier alpha value is -2.38. The van der Waals surface area contributed by atoms with Gasteiger partial charge in [0.05, 0.1) is 10.6 Å². The van der Waals surface area contributed by atoms with E-state index in [-0.39, 0.29) is 10.8 Å². The zero-order valence-corrected chi connectivity index (χ0v) is 15.8. The van der Waals surface area contributed by atoms with Crippen molar-refractivity contribution in [2.45, 2.75) is 11.8 Å². The Labute approximate surface area is 154 Å². The van der Waals surface area contributed by atoms with Gasteiger partial charge in [0.15, 0.2) is 0 Å². The molecule has 0 aliphatic carbocycles. The zero-order valence-electron chi connectivity index (χ0n) is 15.0. The Balaban J connectivity index is 1.82. The quantitative estimate of drug-likeness (QED) is 0.892. The summed E-state index contributed by atoms with van der Waals surface area (Å²) in [5.74, 6) is -0.133. The molecule has 6 nitrogen and oxygen atoms in total. The van der Waals surface area contributed by atoms with Gasteiger partial charge in [-0.15, -0.1) is 0 Å². The van der Waals surface area contributed by atoms with Crippen molar-refractivity contribution in [3.8, 4) is 0 Å². The highest BCUT2D eigenvalue weighted by Crippen LogP contribution is 2.20. The second-order valence-corrected chi connectivity index (χ2v) is 8.23. The Morgan fingerprint density at radius 3 is 2.38 bits per heavy atom. The normalized spacial score (nSPS) is 15.7. The maximum Gasteiger partial charge on any atom is 0.261 e. The predicted octanol–water partition coefficient (Wildman–Crippen LogP) is 2.18. The summed E-state index contributed by atoms with van der Waals surface area (Å²) in [5, 5.41) is 0. The molecule has 1 saturated heterocycles. The van der Waals surface area contributed by atoms with Crippen LogP contribution in [0.1, 0.15) is 15.9 Å². The van der Waals surface area contributed by atoms with Crippen molar-refractivity contribution in [2.75, 3.05) is 37.9 Å². The van der Waals surface area contributed by atoms with Crippen molar-refractivity contribution in [3.63, 3.8) is 0 Å². The number of hydrogen-bond donors (Lipinski definition) is 1. The number of aryl methyl sites for hydroxylation is 1. The van der Waals surface area contributed by atoms with E-state index in [2.05, 4.69) is 9.62 Å². The standard InChI is InChI=1S/C19H23N3O3S/c1-15-6-3-4-9-18(15)20-26(24,25)17-8-5-7-16(14-17)19(23)22-12-10-21(2)11-13-22/h3-9,14,20H,10-13H2,1-2H3. The molecule has 2 aromatic carbocycles. The highest BCUT2D eigenvalue weighted by Gasteiger charge is 2.22. The lowest BCUT2D eigenvalue weighted by molar-refractivity contribution is 0.0664. The molecule has 0 saturated carbocycles. The average Bonchev–Trinajstić information content (AvgIpc) is 2.64. The second-order valence-electron chi connectivity index (χ2n) is 6.54. The fraction of sp³-hybridized carbons (Fsp3) is 0.316. The van der Waals surface area contributed by atoms with Crippen molar-refractivity contribution in [1.29, 1.82) is 0 Å². The molecular formula is C19H23N3O3S. The van der Waals surface area contributed by atoms with Gasteiger partial charge in [-0.1, -0.05) is 24.3 Å². The Bertz CT molecular complexity index is 904. The van der Waals surface area contributed by atoms with E-state index < -0.39 is 10.0 Å². The number of nitrogens with one attached hydrogen (secondary N) is 1. The van der Waals surface area contributed by atoms with Crippen LogP contribution in [0.3, 0.4) is 0 Å². The van der Waals surface area contributed by atoms with Crippen molar-refractivity contribution in [1.82, 2.24) is 9.80 Å². The molecule has 3 rings (SSSR count). The number of carbonyl (C=O) groups is 1. The van der Waals surface area contributed by atoms with Gasteiger partial charge in [0, 0.05) is 31.7 Å². The molecular weight excluding hydrogens is 350 g/mol. The summed E-state index contributed by atoms with van der Waals surface area (Å²) in [4.78, 5) is 16.7. The molecule has 26 heavy (non-hydrogen) atoms. The molecule has 1 fully saturated rings. The lowest BCUT2D eigenvalue weighted by Gasteiger charge is -2.32. The fourth-order valence-corrected chi connectivity index (χ4v) is 4.06. The van der Waals surface area contributed by atoms with Crippen LogP contribution in [0.2, 0.25) is 0 Å². The monoisotopic (exact) mass is 373 g/mol. The molecule has 138 valence electrons. The molecule has 0 spiro atoms. The van der Waals surface area contributed by atoms with Crippen LogP contribution in [0.4, 0.5) is 5.69 Å². The van der Waals surface area contributed by atoms with Crippen LogP contribution in [-0.2, 0) is 10.0 Å². The van der Waals surface area contributed by atoms with E-state index in [0.29, 0.717) is 24.3 Å². The molecule has 0 aromatic heterocycles. The smallest absolute Gasteiger partial charge is 0.261 e. The molecule has 0 unspecified atom stereocenters. The molecule has 0 atom stereocenters. The first kappa shape index (κ1) is 18.4. The maximum atomic E-state index is 12.7. The largest absolute Gasteiger partial charge is 0.336 e. The van der Waals surface area contributed by atoms with Crippen molar-refractivity contribution in [2.24, 2.45) is 0 Å². The van der Waals surface area contributed by atoms with Crippen molar-refractivity contribution in [3.05, 3.63) is 59.7 Å². The molecule has 1 aliphatic rings. The van der Waals surface area contributed by atoms with E-state index in [9.17, 15) is 13.2 Å². The van der Waals surface area contributed by atoms with Gasteiger partial charge in [-0.2, -0.15) is 0 Å². The maximum absolute atomic E-state index is 12.7. The van der Waals surface area contributed by atoms with Gasteiger partial charge in [-0.05, 0) is 43.8 Å². The SMILES string of the molecule is Cc1ccccc1NS(=O)(=O)c1cccc(C(=O)N2CCN(C)CC2)c1.